The van der Waals surface area contributed by atoms with E-state index in [-0.39, 0.29) is 29.5 Å². The molecule has 1 aliphatic rings. The largest absolute Gasteiger partial charge is 0.484 e. The van der Waals surface area contributed by atoms with Gasteiger partial charge in [-0.2, -0.15) is 0 Å². The van der Waals surface area contributed by atoms with E-state index in [4.69, 9.17) is 9.47 Å². The quantitative estimate of drug-likeness (QED) is 0.673. The van der Waals surface area contributed by atoms with E-state index in [9.17, 15) is 18.0 Å². The number of rotatable bonds is 8. The van der Waals surface area contributed by atoms with E-state index in [1.807, 2.05) is 6.92 Å². The van der Waals surface area contributed by atoms with Gasteiger partial charge in [0.2, 0.25) is 10.0 Å². The second kappa shape index (κ2) is 10.4. The molecule has 1 N–H and O–H groups in total. The minimum Gasteiger partial charge on any atom is -0.484 e. The molecule has 10 heteroatoms. The molecular weight excluding hydrogens is 398 g/mol. The van der Waals surface area contributed by atoms with E-state index in [1.54, 1.807) is 23.6 Å². The number of hydrogen-bond acceptors (Lipinski definition) is 6. The lowest BCUT2D eigenvalue weighted by Gasteiger charge is -2.33. The van der Waals surface area contributed by atoms with Crippen LogP contribution in [0.15, 0.2) is 29.2 Å². The molecule has 1 fully saturated rings. The van der Waals surface area contributed by atoms with Crippen LogP contribution in [0.3, 0.4) is 0 Å². The van der Waals surface area contributed by atoms with Crippen LogP contribution in [-0.4, -0.2) is 75.7 Å². The van der Waals surface area contributed by atoms with Gasteiger partial charge in [0.15, 0.2) is 6.61 Å². The van der Waals surface area contributed by atoms with Gasteiger partial charge in [-0.1, -0.05) is 6.92 Å². The number of nitrogens with zero attached hydrogens (tertiary/aromatic N) is 2. The first-order valence-corrected chi connectivity index (χ1v) is 11.2. The second-order valence-electron chi connectivity index (χ2n) is 6.76. The average Bonchev–Trinajstić information content (AvgIpc) is 2.72. The molecule has 0 unspecified atom stereocenters. The summed E-state index contributed by atoms with van der Waals surface area (Å²) in [5, 5.41) is 0. The maximum atomic E-state index is 12.3. The fourth-order valence-electron chi connectivity index (χ4n) is 2.72. The number of carbonyl (C=O) groups is 2. The number of hydrogen-bond donors (Lipinski definition) is 1. The lowest BCUT2D eigenvalue weighted by Crippen LogP contribution is -2.51. The van der Waals surface area contributed by atoms with Crippen molar-refractivity contribution >= 4 is 22.0 Å². The summed E-state index contributed by atoms with van der Waals surface area (Å²) in [6, 6.07) is 5.79. The molecule has 9 nitrogen and oxygen atoms in total. The van der Waals surface area contributed by atoms with E-state index in [0.717, 1.165) is 0 Å². The Balaban J connectivity index is 1.83. The Labute approximate surface area is 172 Å². The molecule has 2 amide bonds. The number of piperazine rings is 1. The maximum Gasteiger partial charge on any atom is 0.409 e. The monoisotopic (exact) mass is 427 g/mol. The summed E-state index contributed by atoms with van der Waals surface area (Å²) in [5.74, 6) is 0.217. The van der Waals surface area contributed by atoms with Crippen LogP contribution in [-0.2, 0) is 19.6 Å². The minimum atomic E-state index is -3.58. The van der Waals surface area contributed by atoms with Crippen molar-refractivity contribution < 1.29 is 27.5 Å². The van der Waals surface area contributed by atoms with Gasteiger partial charge < -0.3 is 19.3 Å². The lowest BCUT2D eigenvalue weighted by molar-refractivity contribution is -0.134. The molecule has 1 aromatic carbocycles. The summed E-state index contributed by atoms with van der Waals surface area (Å²) >= 11 is 0. The smallest absolute Gasteiger partial charge is 0.409 e. The molecule has 0 bridgehead atoms. The second-order valence-corrected chi connectivity index (χ2v) is 8.47. The van der Waals surface area contributed by atoms with Crippen LogP contribution >= 0.6 is 0 Å². The molecule has 1 atom stereocenters. The molecule has 0 radical (unpaired) electrons. The minimum absolute atomic E-state index is 0.145. The number of ether oxygens (including phenoxy) is 2. The highest BCUT2D eigenvalue weighted by molar-refractivity contribution is 7.89. The summed E-state index contributed by atoms with van der Waals surface area (Å²) in [4.78, 5) is 27.3. The zero-order valence-electron chi connectivity index (χ0n) is 17.1. The number of benzene rings is 1. The third-order valence-corrected chi connectivity index (χ3v) is 6.23. The molecule has 1 saturated heterocycles. The van der Waals surface area contributed by atoms with Crippen LogP contribution < -0.4 is 9.46 Å². The normalized spacial score (nSPS) is 15.7. The van der Waals surface area contributed by atoms with Gasteiger partial charge in [-0.15, -0.1) is 0 Å². The highest BCUT2D eigenvalue weighted by Gasteiger charge is 2.25. The van der Waals surface area contributed by atoms with Gasteiger partial charge in [0.25, 0.3) is 5.91 Å². The molecule has 0 spiro atoms. The van der Waals surface area contributed by atoms with E-state index >= 15 is 0 Å². The van der Waals surface area contributed by atoms with E-state index in [0.29, 0.717) is 45.0 Å². The van der Waals surface area contributed by atoms with Gasteiger partial charge in [0.05, 0.1) is 11.5 Å². The zero-order valence-corrected chi connectivity index (χ0v) is 17.9. The molecule has 0 aliphatic carbocycles. The fourth-order valence-corrected chi connectivity index (χ4v) is 4.05. The first kappa shape index (κ1) is 23.0. The summed E-state index contributed by atoms with van der Waals surface area (Å²) in [6.07, 6.45) is 0.324. The predicted octanol–water partition coefficient (Wildman–Crippen LogP) is 1.44. The maximum absolute atomic E-state index is 12.3. The van der Waals surface area contributed by atoms with Crippen LogP contribution in [0.1, 0.15) is 27.2 Å². The van der Waals surface area contributed by atoms with E-state index in [1.165, 1.54) is 24.3 Å². The summed E-state index contributed by atoms with van der Waals surface area (Å²) < 4.78 is 37.5. The molecule has 1 aromatic rings. The van der Waals surface area contributed by atoms with Crippen molar-refractivity contribution in [3.05, 3.63) is 24.3 Å². The zero-order chi connectivity index (χ0) is 21.4. The van der Waals surface area contributed by atoms with Gasteiger partial charge in [0.1, 0.15) is 5.75 Å². The lowest BCUT2D eigenvalue weighted by atomic mass is 10.3. The van der Waals surface area contributed by atoms with Crippen molar-refractivity contribution in [3.8, 4) is 5.75 Å². The van der Waals surface area contributed by atoms with Crippen LogP contribution in [0.25, 0.3) is 0 Å². The fraction of sp³-hybridized carbons (Fsp3) is 0.579. The van der Waals surface area contributed by atoms with Crippen molar-refractivity contribution in [3.63, 3.8) is 0 Å². The molecule has 2 rings (SSSR count). The molecule has 1 aliphatic heterocycles. The van der Waals surface area contributed by atoms with Crippen molar-refractivity contribution in [1.82, 2.24) is 14.5 Å². The summed E-state index contributed by atoms with van der Waals surface area (Å²) in [5.41, 5.74) is 0. The average molecular weight is 428 g/mol. The number of nitrogens with one attached hydrogen (secondary N) is 1. The Morgan fingerprint density at radius 1 is 1.07 bits per heavy atom. The Bertz CT molecular complexity index is 789. The van der Waals surface area contributed by atoms with E-state index < -0.39 is 10.0 Å². The highest BCUT2D eigenvalue weighted by Crippen LogP contribution is 2.17. The number of amides is 2. The van der Waals surface area contributed by atoms with Crippen LogP contribution in [0, 0.1) is 0 Å². The van der Waals surface area contributed by atoms with Gasteiger partial charge >= 0.3 is 6.09 Å². The third kappa shape index (κ3) is 6.60. The van der Waals surface area contributed by atoms with Gasteiger partial charge in [-0.25, -0.2) is 17.9 Å². The predicted molar refractivity (Wildman–Crippen MR) is 107 cm³/mol. The molecule has 29 heavy (non-hydrogen) atoms. The number of carbonyl (C=O) groups excluding carboxylic acids is 2. The Kier molecular flexibility index (Phi) is 8.27. The first-order valence-electron chi connectivity index (χ1n) is 9.71. The Hall–Kier alpha value is -2.33. The Morgan fingerprint density at radius 2 is 1.66 bits per heavy atom. The van der Waals surface area contributed by atoms with Crippen molar-refractivity contribution in [1.29, 1.82) is 0 Å². The summed E-state index contributed by atoms with van der Waals surface area (Å²) in [6.45, 7) is 7.28. The van der Waals surface area contributed by atoms with Gasteiger partial charge in [-0.05, 0) is 44.5 Å². The topological polar surface area (TPSA) is 105 Å². The highest BCUT2D eigenvalue weighted by atomic mass is 32.2. The standard InChI is InChI=1S/C19H29N3O6S/c1-4-15(3)20-29(25,26)17-8-6-16(7-9-17)28-14-18(23)21-10-12-22(13-11-21)19(24)27-5-2/h6-9,15,20H,4-5,10-14H2,1-3H3/t15-/m0/s1. The first-order chi connectivity index (χ1) is 13.8. The molecule has 162 valence electrons. The van der Waals surface area contributed by atoms with Crippen LogP contribution in [0.2, 0.25) is 0 Å². The SMILES string of the molecule is CCOC(=O)N1CCN(C(=O)COc2ccc(S(=O)(=O)N[C@@H](C)CC)cc2)CC1. The molecule has 1 heterocycles. The van der Waals surface area contributed by atoms with Gasteiger partial charge in [0, 0.05) is 32.2 Å². The van der Waals surface area contributed by atoms with Gasteiger partial charge in [-0.3, -0.25) is 4.79 Å². The van der Waals surface area contributed by atoms with Crippen LogP contribution in [0.5, 0.6) is 5.75 Å². The van der Waals surface area contributed by atoms with Crippen molar-refractivity contribution in [2.45, 2.75) is 38.1 Å². The van der Waals surface area contributed by atoms with Crippen molar-refractivity contribution in [2.75, 3.05) is 39.4 Å². The van der Waals surface area contributed by atoms with Crippen molar-refractivity contribution in [2.24, 2.45) is 0 Å². The molecular formula is C19H29N3O6S. The van der Waals surface area contributed by atoms with E-state index in [2.05, 4.69) is 4.72 Å². The number of sulfonamides is 1. The molecule has 0 aromatic heterocycles. The summed E-state index contributed by atoms with van der Waals surface area (Å²) in [7, 11) is -3.58. The molecule has 0 saturated carbocycles. The Morgan fingerprint density at radius 3 is 2.21 bits per heavy atom. The third-order valence-electron chi connectivity index (χ3n) is 4.62. The van der Waals surface area contributed by atoms with Crippen LogP contribution in [0.4, 0.5) is 4.79 Å².